The zero-order valence-corrected chi connectivity index (χ0v) is 17.9. The lowest BCUT2D eigenvalue weighted by Crippen LogP contribution is -2.30. The fraction of sp³-hybridized carbons (Fsp3) is 0.316. The number of hydrogen-bond acceptors (Lipinski definition) is 6. The van der Waals surface area contributed by atoms with E-state index in [9.17, 15) is 26.4 Å². The Morgan fingerprint density at radius 3 is 2.53 bits per heavy atom. The summed E-state index contributed by atoms with van der Waals surface area (Å²) < 4.78 is 65.1. The SMILES string of the molecule is CCN(CC)S(=O)(=O)c1ccc2nnn(OCC(=O)Nc3cccc(C(F)(F)F)c3)c2c1. The Kier molecular flexibility index (Phi) is 6.69. The van der Waals surface area contributed by atoms with Crippen LogP contribution in [0.15, 0.2) is 47.4 Å². The minimum Gasteiger partial charge on any atom is -0.385 e. The van der Waals surface area contributed by atoms with Gasteiger partial charge in [-0.1, -0.05) is 24.8 Å². The second-order valence-electron chi connectivity index (χ2n) is 6.60. The summed E-state index contributed by atoms with van der Waals surface area (Å²) in [5, 5.41) is 9.89. The van der Waals surface area contributed by atoms with E-state index in [4.69, 9.17) is 4.84 Å². The zero-order chi connectivity index (χ0) is 23.5. The van der Waals surface area contributed by atoms with Gasteiger partial charge in [0.2, 0.25) is 10.0 Å². The largest absolute Gasteiger partial charge is 0.416 e. The second kappa shape index (κ2) is 9.12. The predicted octanol–water partition coefficient (Wildman–Crippen LogP) is 2.55. The molecule has 0 fully saturated rings. The molecule has 0 aliphatic heterocycles. The highest BCUT2D eigenvalue weighted by Crippen LogP contribution is 2.30. The van der Waals surface area contributed by atoms with E-state index in [0.717, 1.165) is 17.0 Å². The number of fused-ring (bicyclic) bond motifs is 1. The van der Waals surface area contributed by atoms with Crippen LogP contribution in [0, 0.1) is 0 Å². The van der Waals surface area contributed by atoms with Crippen LogP contribution in [-0.4, -0.2) is 53.5 Å². The van der Waals surface area contributed by atoms with Crippen molar-refractivity contribution in [2.45, 2.75) is 24.9 Å². The van der Waals surface area contributed by atoms with Crippen molar-refractivity contribution in [3.05, 3.63) is 48.0 Å². The van der Waals surface area contributed by atoms with Crippen molar-refractivity contribution in [1.82, 2.24) is 19.5 Å². The number of aromatic nitrogens is 3. The third-order valence-electron chi connectivity index (χ3n) is 4.52. The Bertz CT molecular complexity index is 1220. The number of alkyl halides is 3. The van der Waals surface area contributed by atoms with E-state index < -0.39 is 34.3 Å². The predicted molar refractivity (Wildman–Crippen MR) is 109 cm³/mol. The molecule has 1 aromatic heterocycles. The molecule has 172 valence electrons. The summed E-state index contributed by atoms with van der Waals surface area (Å²) in [6.07, 6.45) is -4.54. The van der Waals surface area contributed by atoms with Crippen molar-refractivity contribution in [1.29, 1.82) is 0 Å². The molecule has 0 atom stereocenters. The zero-order valence-electron chi connectivity index (χ0n) is 17.1. The molecule has 1 heterocycles. The van der Waals surface area contributed by atoms with Crippen molar-refractivity contribution in [3.8, 4) is 0 Å². The topological polar surface area (TPSA) is 106 Å². The summed E-state index contributed by atoms with van der Waals surface area (Å²) >= 11 is 0. The number of hydrogen-bond donors (Lipinski definition) is 1. The van der Waals surface area contributed by atoms with E-state index in [1.165, 1.54) is 34.6 Å². The number of carbonyl (C=O) groups excluding carboxylic acids is 1. The lowest BCUT2D eigenvalue weighted by Gasteiger charge is -2.18. The summed E-state index contributed by atoms with van der Waals surface area (Å²) in [4.78, 5) is 18.3. The molecule has 0 bridgehead atoms. The Morgan fingerprint density at radius 1 is 1.16 bits per heavy atom. The number of nitrogens with one attached hydrogen (secondary N) is 1. The van der Waals surface area contributed by atoms with Crippen molar-refractivity contribution < 1.29 is 31.2 Å². The van der Waals surface area contributed by atoms with Crippen molar-refractivity contribution in [2.75, 3.05) is 25.0 Å². The number of benzene rings is 2. The van der Waals surface area contributed by atoms with Crippen molar-refractivity contribution >= 4 is 32.7 Å². The molecule has 13 heteroatoms. The summed E-state index contributed by atoms with van der Waals surface area (Å²) in [6, 6.07) is 8.35. The molecule has 9 nitrogen and oxygen atoms in total. The van der Waals surface area contributed by atoms with Gasteiger partial charge in [0, 0.05) is 18.8 Å². The molecule has 0 saturated carbocycles. The van der Waals surface area contributed by atoms with Crippen LogP contribution in [0.4, 0.5) is 18.9 Å². The molecule has 3 aromatic rings. The Hall–Kier alpha value is -3.19. The first kappa shape index (κ1) is 23.5. The van der Waals surface area contributed by atoms with E-state index in [1.807, 2.05) is 0 Å². The van der Waals surface area contributed by atoms with Gasteiger partial charge in [-0.05, 0) is 41.6 Å². The van der Waals surface area contributed by atoms with Gasteiger partial charge in [-0.25, -0.2) is 8.42 Å². The number of anilines is 1. The summed E-state index contributed by atoms with van der Waals surface area (Å²) in [7, 11) is -3.74. The molecular weight excluding hydrogens is 451 g/mol. The molecule has 1 amide bonds. The quantitative estimate of drug-likeness (QED) is 0.541. The Morgan fingerprint density at radius 2 is 1.88 bits per heavy atom. The van der Waals surface area contributed by atoms with Crippen LogP contribution in [0.2, 0.25) is 0 Å². The van der Waals surface area contributed by atoms with Crippen LogP contribution < -0.4 is 10.2 Å². The van der Waals surface area contributed by atoms with E-state index in [0.29, 0.717) is 18.6 Å². The fourth-order valence-corrected chi connectivity index (χ4v) is 4.42. The van der Waals surface area contributed by atoms with E-state index in [-0.39, 0.29) is 16.1 Å². The molecule has 0 saturated heterocycles. The number of amides is 1. The number of rotatable bonds is 8. The van der Waals surface area contributed by atoms with Gasteiger partial charge < -0.3 is 10.2 Å². The first-order valence-corrected chi connectivity index (χ1v) is 11.0. The molecule has 1 N–H and O–H groups in total. The van der Waals surface area contributed by atoms with Crippen LogP contribution >= 0.6 is 0 Å². The third kappa shape index (κ3) is 4.99. The van der Waals surface area contributed by atoms with Gasteiger partial charge in [0.25, 0.3) is 5.91 Å². The van der Waals surface area contributed by atoms with Gasteiger partial charge >= 0.3 is 6.18 Å². The molecule has 0 aliphatic carbocycles. The summed E-state index contributed by atoms with van der Waals surface area (Å²) in [6.45, 7) is 3.43. The summed E-state index contributed by atoms with van der Waals surface area (Å²) in [5.74, 6) is -0.736. The molecule has 0 radical (unpaired) electrons. The average Bonchev–Trinajstić information content (AvgIpc) is 3.15. The number of nitrogens with zero attached hydrogens (tertiary/aromatic N) is 4. The molecule has 0 spiro atoms. The van der Waals surface area contributed by atoms with Gasteiger partial charge in [0.1, 0.15) is 11.0 Å². The summed E-state index contributed by atoms with van der Waals surface area (Å²) in [5.41, 5.74) is -0.406. The van der Waals surface area contributed by atoms with Crippen molar-refractivity contribution in [2.24, 2.45) is 0 Å². The van der Waals surface area contributed by atoms with E-state index >= 15 is 0 Å². The number of sulfonamides is 1. The number of carbonyl (C=O) groups is 1. The van der Waals surface area contributed by atoms with Crippen LogP contribution in [0.1, 0.15) is 19.4 Å². The van der Waals surface area contributed by atoms with Crippen LogP contribution in [-0.2, 0) is 21.0 Å². The smallest absolute Gasteiger partial charge is 0.385 e. The maximum atomic E-state index is 12.8. The maximum Gasteiger partial charge on any atom is 0.416 e. The van der Waals surface area contributed by atoms with Gasteiger partial charge in [0.05, 0.1) is 10.5 Å². The van der Waals surface area contributed by atoms with Crippen LogP contribution in [0.5, 0.6) is 0 Å². The molecule has 0 aliphatic rings. The van der Waals surface area contributed by atoms with Crippen LogP contribution in [0.25, 0.3) is 11.0 Å². The molecule has 32 heavy (non-hydrogen) atoms. The maximum absolute atomic E-state index is 12.8. The molecule has 3 rings (SSSR count). The minimum absolute atomic E-state index is 0.00858. The third-order valence-corrected chi connectivity index (χ3v) is 6.57. The highest BCUT2D eigenvalue weighted by Gasteiger charge is 2.30. The molecular formula is C19H20F3N5O4S. The van der Waals surface area contributed by atoms with E-state index in [2.05, 4.69) is 15.6 Å². The van der Waals surface area contributed by atoms with Gasteiger partial charge in [-0.2, -0.15) is 17.5 Å². The van der Waals surface area contributed by atoms with Crippen LogP contribution in [0.3, 0.4) is 0 Å². The first-order valence-electron chi connectivity index (χ1n) is 9.52. The lowest BCUT2D eigenvalue weighted by atomic mass is 10.2. The highest BCUT2D eigenvalue weighted by molar-refractivity contribution is 7.89. The lowest BCUT2D eigenvalue weighted by molar-refractivity contribution is -0.137. The normalized spacial score (nSPS) is 12.3. The average molecular weight is 471 g/mol. The first-order chi connectivity index (χ1) is 15.1. The monoisotopic (exact) mass is 471 g/mol. The Balaban J connectivity index is 1.75. The minimum atomic E-state index is -4.54. The molecule has 2 aromatic carbocycles. The highest BCUT2D eigenvalue weighted by atomic mass is 32.2. The second-order valence-corrected chi connectivity index (χ2v) is 8.54. The van der Waals surface area contributed by atoms with Gasteiger partial charge in [0.15, 0.2) is 6.61 Å². The Labute approximate surface area is 181 Å². The number of halogens is 3. The van der Waals surface area contributed by atoms with E-state index in [1.54, 1.807) is 13.8 Å². The fourth-order valence-electron chi connectivity index (χ4n) is 2.94. The molecule has 0 unspecified atom stereocenters. The standard InChI is InChI=1S/C19H20F3N5O4S/c1-3-26(4-2)32(29,30)15-8-9-16-17(11-15)27(25-24-16)31-12-18(28)23-14-7-5-6-13(10-14)19(20,21)22/h5-11H,3-4,12H2,1-2H3,(H,23,28). The van der Waals surface area contributed by atoms with Crippen molar-refractivity contribution in [3.63, 3.8) is 0 Å². The van der Waals surface area contributed by atoms with Gasteiger partial charge in [-0.3, -0.25) is 4.79 Å². The van der Waals surface area contributed by atoms with Gasteiger partial charge in [-0.15, -0.1) is 5.10 Å².